The van der Waals surface area contributed by atoms with Gasteiger partial charge in [-0.1, -0.05) is 17.7 Å². The van der Waals surface area contributed by atoms with E-state index in [1.807, 2.05) is 18.2 Å². The number of hydrogen-bond acceptors (Lipinski definition) is 3. The van der Waals surface area contributed by atoms with E-state index in [0.29, 0.717) is 23.9 Å². The summed E-state index contributed by atoms with van der Waals surface area (Å²) in [5.41, 5.74) is 7.25. The first-order valence-corrected chi connectivity index (χ1v) is 5.28. The quantitative estimate of drug-likeness (QED) is 0.831. The smallest absolute Gasteiger partial charge is 0.129 e. The van der Waals surface area contributed by atoms with Crippen LogP contribution in [0.3, 0.4) is 0 Å². The van der Waals surface area contributed by atoms with Crippen LogP contribution in [0.4, 0.5) is 5.69 Å². The van der Waals surface area contributed by atoms with Crippen molar-refractivity contribution in [3.05, 3.63) is 52.9 Å². The van der Waals surface area contributed by atoms with Crippen LogP contribution in [-0.2, 0) is 18.0 Å². The zero-order valence-electron chi connectivity index (χ0n) is 8.65. The summed E-state index contributed by atoms with van der Waals surface area (Å²) in [6.45, 7) is 0.796. The number of ether oxygens (including phenoxy) is 1. The van der Waals surface area contributed by atoms with Crippen LogP contribution in [0.1, 0.15) is 11.3 Å². The highest BCUT2D eigenvalue weighted by molar-refractivity contribution is 6.31. The highest BCUT2D eigenvalue weighted by atomic mass is 35.5. The molecular formula is C12H12ClNO2. The topological polar surface area (TPSA) is 48.4 Å². The fourth-order valence-corrected chi connectivity index (χ4v) is 1.61. The van der Waals surface area contributed by atoms with E-state index in [9.17, 15) is 0 Å². The number of benzene rings is 1. The number of nitrogens with two attached hydrogens (primary N) is 1. The summed E-state index contributed by atoms with van der Waals surface area (Å²) < 4.78 is 10.6. The molecule has 1 heterocycles. The summed E-state index contributed by atoms with van der Waals surface area (Å²) in [6, 6.07) is 9.09. The molecule has 4 heteroatoms. The lowest BCUT2D eigenvalue weighted by Gasteiger charge is -2.07. The highest BCUT2D eigenvalue weighted by Crippen LogP contribution is 2.23. The van der Waals surface area contributed by atoms with Crippen molar-refractivity contribution in [1.29, 1.82) is 0 Å². The van der Waals surface area contributed by atoms with Gasteiger partial charge >= 0.3 is 0 Å². The molecule has 0 spiro atoms. The predicted octanol–water partition coefficient (Wildman–Crippen LogP) is 3.23. The molecule has 0 atom stereocenters. The van der Waals surface area contributed by atoms with Gasteiger partial charge in [0.1, 0.15) is 12.4 Å². The maximum atomic E-state index is 6.01. The van der Waals surface area contributed by atoms with Crippen molar-refractivity contribution in [2.45, 2.75) is 13.2 Å². The van der Waals surface area contributed by atoms with Gasteiger partial charge in [-0.2, -0.15) is 0 Å². The second-order valence-corrected chi connectivity index (χ2v) is 3.79. The fourth-order valence-electron chi connectivity index (χ4n) is 1.38. The maximum Gasteiger partial charge on any atom is 0.129 e. The average Bonchev–Trinajstić information content (AvgIpc) is 2.75. The largest absolute Gasteiger partial charge is 0.467 e. The highest BCUT2D eigenvalue weighted by Gasteiger charge is 2.05. The summed E-state index contributed by atoms with van der Waals surface area (Å²) >= 11 is 6.01. The first kappa shape index (κ1) is 11.0. The molecule has 3 nitrogen and oxygen atoms in total. The van der Waals surface area contributed by atoms with Gasteiger partial charge in [0.25, 0.3) is 0 Å². The Hall–Kier alpha value is -1.45. The zero-order valence-corrected chi connectivity index (χ0v) is 9.41. The normalized spacial score (nSPS) is 10.6. The molecule has 0 radical (unpaired) electrons. The van der Waals surface area contributed by atoms with Crippen molar-refractivity contribution in [1.82, 2.24) is 0 Å². The Bertz CT molecular complexity index is 434. The molecule has 1 aromatic heterocycles. The van der Waals surface area contributed by atoms with Gasteiger partial charge in [0.2, 0.25) is 0 Å². The van der Waals surface area contributed by atoms with Crippen molar-refractivity contribution >= 4 is 17.3 Å². The molecule has 0 saturated heterocycles. The van der Waals surface area contributed by atoms with Gasteiger partial charge in [0.15, 0.2) is 0 Å². The van der Waals surface area contributed by atoms with Crippen molar-refractivity contribution in [2.75, 3.05) is 5.73 Å². The van der Waals surface area contributed by atoms with Gasteiger partial charge < -0.3 is 14.9 Å². The third kappa shape index (κ3) is 2.56. The second-order valence-electron chi connectivity index (χ2n) is 3.38. The number of furan rings is 1. The Morgan fingerprint density at radius 2 is 2.06 bits per heavy atom. The first-order chi connectivity index (χ1) is 7.77. The van der Waals surface area contributed by atoms with E-state index in [0.717, 1.165) is 11.3 Å². The number of anilines is 1. The molecule has 1 aromatic carbocycles. The standard InChI is InChI=1S/C12H12ClNO2/c13-11-4-1-5-12(14)10(11)8-15-7-9-3-2-6-16-9/h1-6H,7-8,14H2. The van der Waals surface area contributed by atoms with Crippen LogP contribution in [0, 0.1) is 0 Å². The first-order valence-electron chi connectivity index (χ1n) is 4.90. The maximum absolute atomic E-state index is 6.01. The summed E-state index contributed by atoms with van der Waals surface area (Å²) in [5.74, 6) is 0.783. The van der Waals surface area contributed by atoms with Crippen LogP contribution in [0.2, 0.25) is 5.02 Å². The third-order valence-electron chi connectivity index (χ3n) is 2.23. The number of hydrogen-bond donors (Lipinski definition) is 1. The van der Waals surface area contributed by atoms with E-state index in [1.54, 1.807) is 18.4 Å². The molecule has 16 heavy (non-hydrogen) atoms. The Morgan fingerprint density at radius 3 is 2.75 bits per heavy atom. The van der Waals surface area contributed by atoms with Gasteiger partial charge in [0, 0.05) is 16.3 Å². The van der Waals surface area contributed by atoms with E-state index >= 15 is 0 Å². The third-order valence-corrected chi connectivity index (χ3v) is 2.58. The van der Waals surface area contributed by atoms with Gasteiger partial charge in [-0.25, -0.2) is 0 Å². The van der Waals surface area contributed by atoms with Crippen LogP contribution >= 0.6 is 11.6 Å². The predicted molar refractivity (Wildman–Crippen MR) is 63.1 cm³/mol. The van der Waals surface area contributed by atoms with Crippen LogP contribution in [0.5, 0.6) is 0 Å². The summed E-state index contributed by atoms with van der Waals surface area (Å²) in [5, 5.41) is 0.624. The molecule has 0 aliphatic rings. The molecule has 0 aliphatic heterocycles. The Balaban J connectivity index is 1.95. The van der Waals surface area contributed by atoms with Crippen LogP contribution in [0.15, 0.2) is 41.0 Å². The lowest BCUT2D eigenvalue weighted by atomic mass is 10.2. The van der Waals surface area contributed by atoms with Crippen LogP contribution in [-0.4, -0.2) is 0 Å². The minimum Gasteiger partial charge on any atom is -0.467 e. The fraction of sp³-hybridized carbons (Fsp3) is 0.167. The molecule has 0 amide bonds. The van der Waals surface area contributed by atoms with Crippen molar-refractivity contribution in [2.24, 2.45) is 0 Å². The minimum atomic E-state index is 0.381. The molecule has 0 saturated carbocycles. The van der Waals surface area contributed by atoms with Gasteiger partial charge in [-0.05, 0) is 24.3 Å². The Labute approximate surface area is 98.8 Å². The lowest BCUT2D eigenvalue weighted by molar-refractivity contribution is 0.0934. The zero-order chi connectivity index (χ0) is 11.4. The summed E-state index contributed by atoms with van der Waals surface area (Å²) in [6.07, 6.45) is 1.61. The van der Waals surface area contributed by atoms with Crippen LogP contribution < -0.4 is 5.73 Å². The van der Waals surface area contributed by atoms with E-state index < -0.39 is 0 Å². The molecule has 0 unspecified atom stereocenters. The Morgan fingerprint density at radius 1 is 1.19 bits per heavy atom. The SMILES string of the molecule is Nc1cccc(Cl)c1COCc1ccco1. The number of halogens is 1. The molecule has 2 rings (SSSR count). The molecule has 2 N–H and O–H groups in total. The van der Waals surface area contributed by atoms with Gasteiger partial charge in [-0.3, -0.25) is 0 Å². The average molecular weight is 238 g/mol. The van der Waals surface area contributed by atoms with Crippen molar-refractivity contribution in [3.8, 4) is 0 Å². The van der Waals surface area contributed by atoms with E-state index in [4.69, 9.17) is 26.5 Å². The second kappa shape index (κ2) is 5.05. The molecule has 84 valence electrons. The molecule has 0 bridgehead atoms. The summed E-state index contributed by atoms with van der Waals surface area (Å²) in [4.78, 5) is 0. The summed E-state index contributed by atoms with van der Waals surface area (Å²) in [7, 11) is 0. The van der Waals surface area contributed by atoms with E-state index in [-0.39, 0.29) is 0 Å². The lowest BCUT2D eigenvalue weighted by Crippen LogP contribution is -1.99. The van der Waals surface area contributed by atoms with Gasteiger partial charge in [-0.15, -0.1) is 0 Å². The van der Waals surface area contributed by atoms with Gasteiger partial charge in [0.05, 0.1) is 12.9 Å². The monoisotopic (exact) mass is 237 g/mol. The molecule has 2 aromatic rings. The van der Waals surface area contributed by atoms with Crippen LogP contribution in [0.25, 0.3) is 0 Å². The van der Waals surface area contributed by atoms with Crippen molar-refractivity contribution < 1.29 is 9.15 Å². The van der Waals surface area contributed by atoms with E-state index in [1.165, 1.54) is 0 Å². The molecular weight excluding hydrogens is 226 g/mol. The number of rotatable bonds is 4. The minimum absolute atomic E-state index is 0.381. The Kier molecular flexibility index (Phi) is 3.49. The molecule has 0 aliphatic carbocycles. The molecule has 0 fully saturated rings. The number of nitrogen functional groups attached to an aromatic ring is 1. The van der Waals surface area contributed by atoms with Crippen molar-refractivity contribution in [3.63, 3.8) is 0 Å². The van der Waals surface area contributed by atoms with E-state index in [2.05, 4.69) is 0 Å².